The van der Waals surface area contributed by atoms with Crippen molar-refractivity contribution in [2.45, 2.75) is 56.8 Å². The van der Waals surface area contributed by atoms with Crippen LogP contribution in [0.3, 0.4) is 0 Å². The Morgan fingerprint density at radius 3 is 2.21 bits per heavy atom. The van der Waals surface area contributed by atoms with Crippen LogP contribution in [0.5, 0.6) is 0 Å². The van der Waals surface area contributed by atoms with Crippen molar-refractivity contribution < 1.29 is 8.42 Å². The second kappa shape index (κ2) is 8.80. The van der Waals surface area contributed by atoms with Gasteiger partial charge in [-0.25, -0.2) is 8.42 Å². The van der Waals surface area contributed by atoms with Crippen molar-refractivity contribution in [3.05, 3.63) is 95.9 Å². The van der Waals surface area contributed by atoms with Crippen molar-refractivity contribution in [1.82, 2.24) is 13.9 Å². The number of aromatic nitrogens is 2. The summed E-state index contributed by atoms with van der Waals surface area (Å²) in [5, 5.41) is 1.14. The topological polar surface area (TPSA) is 64.0 Å². The second-order valence-corrected chi connectivity index (χ2v) is 17.2. The molecule has 5 nitrogen and oxygen atoms in total. The highest BCUT2D eigenvalue weighted by Gasteiger charge is 2.39. The van der Waals surface area contributed by atoms with E-state index >= 15 is 0 Å². The van der Waals surface area contributed by atoms with Crippen molar-refractivity contribution in [3.8, 4) is 0 Å². The van der Waals surface area contributed by atoms with Crippen molar-refractivity contribution in [3.63, 3.8) is 0 Å². The highest BCUT2D eigenvalue weighted by Crippen LogP contribution is 2.41. The zero-order valence-electron chi connectivity index (χ0n) is 20.7. The van der Waals surface area contributed by atoms with E-state index in [9.17, 15) is 8.42 Å². The molecule has 1 atom stereocenters. The molecule has 0 radical (unpaired) electrons. The molecule has 0 amide bonds. The molecule has 2 heterocycles. The summed E-state index contributed by atoms with van der Waals surface area (Å²) in [7, 11) is -5.77. The van der Waals surface area contributed by atoms with Gasteiger partial charge >= 0.3 is 0 Å². The zero-order chi connectivity index (χ0) is 24.7. The quantitative estimate of drug-likeness (QED) is 0.324. The molecule has 0 bridgehead atoms. The molecule has 7 heteroatoms. The molecule has 0 spiro atoms. The third kappa shape index (κ3) is 4.47. The van der Waals surface area contributed by atoms with Gasteiger partial charge in [-0.3, -0.25) is 4.98 Å². The van der Waals surface area contributed by atoms with Crippen LogP contribution >= 0.6 is 0 Å². The van der Waals surface area contributed by atoms with Crippen molar-refractivity contribution in [2.75, 3.05) is 0 Å². The maximum absolute atomic E-state index is 13.5. The normalized spacial score (nSPS) is 13.8. The Balaban J connectivity index is 1.92. The lowest BCUT2D eigenvalue weighted by atomic mass is 10.0. The van der Waals surface area contributed by atoms with Gasteiger partial charge in [0.15, 0.2) is 8.24 Å². The van der Waals surface area contributed by atoms with Gasteiger partial charge in [0.2, 0.25) is 10.0 Å². The standard InChI is InChI=1S/C27H33N3O2SSi/c1-20-14-16-21(17-15-20)33(31,32)29-26(24-12-9-10-18-28-24)23-19-30(34(5,6)27(2,3)4)25-13-8-7-11-22(23)25/h7-19,26,29H,1-6H3. The monoisotopic (exact) mass is 491 g/mol. The molecule has 0 saturated heterocycles. The number of fused-ring (bicyclic) bond motifs is 1. The minimum absolute atomic E-state index is 0.105. The van der Waals surface area contributed by atoms with Crippen LogP contribution in [0.15, 0.2) is 84.0 Å². The lowest BCUT2D eigenvalue weighted by molar-refractivity contribution is 0.570. The highest BCUT2D eigenvalue weighted by atomic mass is 32.2. The lowest BCUT2D eigenvalue weighted by Gasteiger charge is -2.38. The predicted octanol–water partition coefficient (Wildman–Crippen LogP) is 6.27. The van der Waals surface area contributed by atoms with Crippen LogP contribution in [-0.4, -0.2) is 25.9 Å². The van der Waals surface area contributed by atoms with Gasteiger partial charge in [0.05, 0.1) is 16.6 Å². The van der Waals surface area contributed by atoms with E-state index in [4.69, 9.17) is 0 Å². The number of pyridine rings is 1. The molecule has 2 aromatic heterocycles. The number of hydrogen-bond donors (Lipinski definition) is 1. The largest absolute Gasteiger partial charge is 0.374 e. The van der Waals surface area contributed by atoms with Gasteiger partial charge in [0, 0.05) is 28.9 Å². The highest BCUT2D eigenvalue weighted by molar-refractivity contribution is 7.89. The number of nitrogens with one attached hydrogen (secondary N) is 1. The number of para-hydroxylation sites is 1. The maximum atomic E-state index is 13.5. The molecule has 4 rings (SSSR count). The van der Waals surface area contributed by atoms with E-state index in [1.165, 1.54) is 0 Å². The summed E-state index contributed by atoms with van der Waals surface area (Å²) in [6.45, 7) is 13.5. The molecule has 0 saturated carbocycles. The molecule has 34 heavy (non-hydrogen) atoms. The van der Waals surface area contributed by atoms with Crippen LogP contribution in [0.4, 0.5) is 0 Å². The fourth-order valence-electron chi connectivity index (χ4n) is 4.03. The Kier molecular flexibility index (Phi) is 6.31. The van der Waals surface area contributed by atoms with Gasteiger partial charge in [-0.2, -0.15) is 4.72 Å². The van der Waals surface area contributed by atoms with E-state index in [1.54, 1.807) is 18.3 Å². The summed E-state index contributed by atoms with van der Waals surface area (Å²) in [5.41, 5.74) is 3.71. The van der Waals surface area contributed by atoms with Gasteiger partial charge in [-0.15, -0.1) is 0 Å². The molecular weight excluding hydrogens is 458 g/mol. The third-order valence-electron chi connectivity index (χ3n) is 7.08. The Hall–Kier alpha value is -2.74. The Morgan fingerprint density at radius 1 is 0.941 bits per heavy atom. The van der Waals surface area contributed by atoms with E-state index in [2.05, 4.69) is 66.1 Å². The summed E-state index contributed by atoms with van der Waals surface area (Å²) in [6.07, 6.45) is 3.86. The second-order valence-electron chi connectivity index (χ2n) is 10.4. The van der Waals surface area contributed by atoms with E-state index in [0.29, 0.717) is 5.69 Å². The molecule has 0 aliphatic carbocycles. The molecule has 2 aromatic carbocycles. The summed E-state index contributed by atoms with van der Waals surface area (Å²) >= 11 is 0. The van der Waals surface area contributed by atoms with Gasteiger partial charge in [-0.1, -0.05) is 75.8 Å². The van der Waals surface area contributed by atoms with Crippen molar-refractivity contribution in [2.24, 2.45) is 0 Å². The fraction of sp³-hybridized carbons (Fsp3) is 0.296. The molecule has 0 fully saturated rings. The molecular formula is C27H33N3O2SSi. The zero-order valence-corrected chi connectivity index (χ0v) is 22.5. The lowest BCUT2D eigenvalue weighted by Crippen LogP contribution is -2.45. The van der Waals surface area contributed by atoms with Crippen LogP contribution in [0.2, 0.25) is 18.1 Å². The number of hydrogen-bond acceptors (Lipinski definition) is 3. The number of sulfonamides is 1. The molecule has 1 N–H and O–H groups in total. The van der Waals surface area contributed by atoms with Gasteiger partial charge < -0.3 is 4.23 Å². The SMILES string of the molecule is Cc1ccc(S(=O)(=O)NC(c2ccccn2)c2cn([Si](C)(C)C(C)(C)C)c3ccccc23)cc1. The first kappa shape index (κ1) is 24.4. The van der Waals surface area contributed by atoms with E-state index in [1.807, 2.05) is 49.4 Å². The third-order valence-corrected chi connectivity index (χ3v) is 13.8. The summed E-state index contributed by atoms with van der Waals surface area (Å²) < 4.78 is 32.3. The molecule has 0 aliphatic heterocycles. The summed E-state index contributed by atoms with van der Waals surface area (Å²) in [5.74, 6) is 0. The smallest absolute Gasteiger partial charge is 0.241 e. The van der Waals surface area contributed by atoms with E-state index in [-0.39, 0.29) is 9.93 Å². The minimum atomic E-state index is -3.78. The predicted molar refractivity (Wildman–Crippen MR) is 142 cm³/mol. The average Bonchev–Trinajstić information content (AvgIpc) is 3.18. The number of rotatable bonds is 6. The maximum Gasteiger partial charge on any atom is 0.241 e. The molecule has 4 aromatic rings. The molecule has 1 unspecified atom stereocenters. The fourth-order valence-corrected chi connectivity index (χ4v) is 7.20. The van der Waals surface area contributed by atoms with Crippen LogP contribution in [0, 0.1) is 6.92 Å². The number of benzene rings is 2. The average molecular weight is 492 g/mol. The van der Waals surface area contributed by atoms with Crippen molar-refractivity contribution >= 4 is 29.2 Å². The van der Waals surface area contributed by atoms with Gasteiger partial charge in [0.1, 0.15) is 0 Å². The molecule has 0 aliphatic rings. The van der Waals surface area contributed by atoms with E-state index in [0.717, 1.165) is 22.0 Å². The van der Waals surface area contributed by atoms with Gasteiger partial charge in [0.25, 0.3) is 0 Å². The van der Waals surface area contributed by atoms with Crippen LogP contribution < -0.4 is 4.72 Å². The Labute approximate surface area is 204 Å². The molecule has 178 valence electrons. The first-order chi connectivity index (χ1) is 15.9. The van der Waals surface area contributed by atoms with Crippen LogP contribution in [0.1, 0.15) is 43.6 Å². The first-order valence-electron chi connectivity index (χ1n) is 11.5. The summed E-state index contributed by atoms with van der Waals surface area (Å²) in [6, 6.07) is 20.2. The van der Waals surface area contributed by atoms with Crippen molar-refractivity contribution in [1.29, 1.82) is 0 Å². The van der Waals surface area contributed by atoms with E-state index < -0.39 is 24.3 Å². The first-order valence-corrected chi connectivity index (χ1v) is 16.0. The van der Waals surface area contributed by atoms with Crippen LogP contribution in [0.25, 0.3) is 10.9 Å². The Bertz CT molecular complexity index is 1400. The van der Waals surface area contributed by atoms with Gasteiger partial charge in [-0.05, 0) is 42.3 Å². The minimum Gasteiger partial charge on any atom is -0.374 e. The number of aryl methyl sites for hydroxylation is 1. The summed E-state index contributed by atoms with van der Waals surface area (Å²) in [4.78, 5) is 4.79. The Morgan fingerprint density at radius 2 is 1.59 bits per heavy atom. The van der Waals surface area contributed by atoms with Crippen LogP contribution in [-0.2, 0) is 10.0 Å². The number of nitrogens with zero attached hydrogens (tertiary/aromatic N) is 2.